The largest absolute Gasteiger partial charge is 0.339 e. The van der Waals surface area contributed by atoms with Crippen molar-refractivity contribution >= 4 is 46.8 Å². The maximum absolute atomic E-state index is 12.5. The minimum Gasteiger partial charge on any atom is -0.339 e. The second kappa shape index (κ2) is 8.41. The van der Waals surface area contributed by atoms with E-state index in [1.54, 1.807) is 23.1 Å². The number of thioether (sulfide) groups is 1. The minimum absolute atomic E-state index is 0.0115. The summed E-state index contributed by atoms with van der Waals surface area (Å²) in [7, 11) is 0. The number of halogens is 2. The molecule has 0 spiro atoms. The van der Waals surface area contributed by atoms with Crippen LogP contribution < -0.4 is 5.84 Å². The summed E-state index contributed by atoms with van der Waals surface area (Å²) in [5.41, 5.74) is 0.612. The van der Waals surface area contributed by atoms with Crippen LogP contribution in [0.4, 0.5) is 0 Å². The predicted molar refractivity (Wildman–Crippen MR) is 112 cm³/mol. The summed E-state index contributed by atoms with van der Waals surface area (Å²) in [4.78, 5) is 28.3. The molecule has 1 aromatic heterocycles. The Kier molecular flexibility index (Phi) is 5.89. The molecule has 154 valence electrons. The highest BCUT2D eigenvalue weighted by molar-refractivity contribution is 7.99. The number of piperazine rings is 1. The van der Waals surface area contributed by atoms with Crippen molar-refractivity contribution in [3.63, 3.8) is 0 Å². The number of amides is 2. The first-order chi connectivity index (χ1) is 13.9. The lowest BCUT2D eigenvalue weighted by Gasteiger charge is -2.34. The SMILES string of the molecule is Nn1c(SCC(=O)N2CCN(C(=O)C3CC3)CC2)nnc1-c1ccc(Cl)cc1Cl. The highest BCUT2D eigenvalue weighted by Crippen LogP contribution is 2.32. The van der Waals surface area contributed by atoms with E-state index in [4.69, 9.17) is 29.0 Å². The molecule has 2 aromatic rings. The third kappa shape index (κ3) is 4.46. The third-order valence-electron chi connectivity index (χ3n) is 5.03. The topological polar surface area (TPSA) is 97.3 Å². The summed E-state index contributed by atoms with van der Waals surface area (Å²) < 4.78 is 1.32. The molecule has 0 unspecified atom stereocenters. The van der Waals surface area contributed by atoms with E-state index in [0.29, 0.717) is 52.8 Å². The lowest BCUT2D eigenvalue weighted by molar-refractivity contribution is -0.139. The van der Waals surface area contributed by atoms with Crippen molar-refractivity contribution in [3.05, 3.63) is 28.2 Å². The fourth-order valence-electron chi connectivity index (χ4n) is 3.21. The van der Waals surface area contributed by atoms with Crippen molar-refractivity contribution in [1.82, 2.24) is 24.7 Å². The molecule has 0 bridgehead atoms. The molecule has 2 amide bonds. The zero-order chi connectivity index (χ0) is 20.5. The fourth-order valence-corrected chi connectivity index (χ4v) is 4.46. The van der Waals surface area contributed by atoms with Crippen LogP contribution in [0.2, 0.25) is 10.0 Å². The predicted octanol–water partition coefficient (Wildman–Crippen LogP) is 2.14. The van der Waals surface area contributed by atoms with Gasteiger partial charge in [0.15, 0.2) is 5.82 Å². The maximum atomic E-state index is 12.5. The van der Waals surface area contributed by atoms with Crippen molar-refractivity contribution < 1.29 is 9.59 Å². The van der Waals surface area contributed by atoms with E-state index in [1.165, 1.54) is 16.4 Å². The van der Waals surface area contributed by atoms with Crippen molar-refractivity contribution in [1.29, 1.82) is 0 Å². The van der Waals surface area contributed by atoms with Crippen molar-refractivity contribution in [2.45, 2.75) is 18.0 Å². The van der Waals surface area contributed by atoms with Crippen LogP contribution >= 0.6 is 35.0 Å². The van der Waals surface area contributed by atoms with Gasteiger partial charge in [-0.25, -0.2) is 4.68 Å². The van der Waals surface area contributed by atoms with Gasteiger partial charge in [0, 0.05) is 42.7 Å². The van der Waals surface area contributed by atoms with E-state index in [1.807, 2.05) is 4.90 Å². The molecule has 8 nitrogen and oxygen atoms in total. The van der Waals surface area contributed by atoms with Gasteiger partial charge < -0.3 is 15.6 Å². The van der Waals surface area contributed by atoms with Crippen LogP contribution in [0.15, 0.2) is 23.4 Å². The van der Waals surface area contributed by atoms with E-state index < -0.39 is 0 Å². The van der Waals surface area contributed by atoms with E-state index in [-0.39, 0.29) is 23.5 Å². The van der Waals surface area contributed by atoms with Crippen molar-refractivity contribution in [2.75, 3.05) is 37.8 Å². The van der Waals surface area contributed by atoms with Crippen LogP contribution in [0.5, 0.6) is 0 Å². The Bertz CT molecular complexity index is 940. The number of aromatic nitrogens is 3. The Morgan fingerprint density at radius 2 is 1.79 bits per heavy atom. The molecule has 29 heavy (non-hydrogen) atoms. The number of hydrogen-bond donors (Lipinski definition) is 1. The number of benzene rings is 1. The van der Waals surface area contributed by atoms with Crippen LogP contribution in [0, 0.1) is 5.92 Å². The Labute approximate surface area is 182 Å². The van der Waals surface area contributed by atoms with Crippen LogP contribution in [0.25, 0.3) is 11.4 Å². The molecule has 2 fully saturated rings. The lowest BCUT2D eigenvalue weighted by atomic mass is 10.2. The molecule has 1 aromatic carbocycles. The second-order valence-corrected chi connectivity index (χ2v) is 8.86. The number of nitrogens with two attached hydrogens (primary N) is 1. The number of hydrogen-bond acceptors (Lipinski definition) is 6. The molecule has 1 saturated carbocycles. The van der Waals surface area contributed by atoms with E-state index >= 15 is 0 Å². The van der Waals surface area contributed by atoms with Gasteiger partial charge in [-0.05, 0) is 31.0 Å². The average Bonchev–Trinajstić information content (AvgIpc) is 3.50. The monoisotopic (exact) mass is 454 g/mol. The van der Waals surface area contributed by atoms with Gasteiger partial charge in [-0.2, -0.15) is 0 Å². The molecule has 2 N–H and O–H groups in total. The number of nitrogen functional groups attached to an aromatic ring is 1. The number of carbonyl (C=O) groups excluding carboxylic acids is 2. The Hall–Kier alpha value is -1.97. The summed E-state index contributed by atoms with van der Waals surface area (Å²) in [5.74, 6) is 7.13. The Balaban J connectivity index is 1.33. The van der Waals surface area contributed by atoms with Gasteiger partial charge in [0.2, 0.25) is 17.0 Å². The summed E-state index contributed by atoms with van der Waals surface area (Å²) in [6, 6.07) is 5.03. The highest BCUT2D eigenvalue weighted by Gasteiger charge is 2.35. The third-order valence-corrected chi connectivity index (χ3v) is 6.51. The van der Waals surface area contributed by atoms with Gasteiger partial charge in [-0.3, -0.25) is 9.59 Å². The first-order valence-corrected chi connectivity index (χ1v) is 11.0. The Morgan fingerprint density at radius 1 is 1.10 bits per heavy atom. The average molecular weight is 455 g/mol. The fraction of sp³-hybridized carbons (Fsp3) is 0.444. The molecular formula is C18H20Cl2N6O2S. The number of nitrogens with zero attached hydrogens (tertiary/aromatic N) is 5. The normalized spacial score (nSPS) is 16.9. The molecule has 0 radical (unpaired) electrons. The zero-order valence-corrected chi connectivity index (χ0v) is 17.9. The lowest BCUT2D eigenvalue weighted by Crippen LogP contribution is -2.51. The summed E-state index contributed by atoms with van der Waals surface area (Å²) in [6.45, 7) is 2.30. The second-order valence-electron chi connectivity index (χ2n) is 7.07. The molecule has 1 saturated heterocycles. The number of carbonyl (C=O) groups is 2. The minimum atomic E-state index is -0.0115. The highest BCUT2D eigenvalue weighted by atomic mass is 35.5. The molecule has 1 aliphatic heterocycles. The quantitative estimate of drug-likeness (QED) is 0.548. The Morgan fingerprint density at radius 3 is 2.45 bits per heavy atom. The van der Waals surface area contributed by atoms with Crippen LogP contribution in [0.3, 0.4) is 0 Å². The first-order valence-electron chi connectivity index (χ1n) is 9.29. The van der Waals surface area contributed by atoms with Gasteiger partial charge in [-0.1, -0.05) is 35.0 Å². The summed E-state index contributed by atoms with van der Waals surface area (Å²) in [6.07, 6.45) is 2.00. The maximum Gasteiger partial charge on any atom is 0.233 e. The van der Waals surface area contributed by atoms with Crippen LogP contribution in [-0.4, -0.2) is 68.4 Å². The van der Waals surface area contributed by atoms with Gasteiger partial charge in [-0.15, -0.1) is 10.2 Å². The van der Waals surface area contributed by atoms with E-state index in [0.717, 1.165) is 12.8 Å². The van der Waals surface area contributed by atoms with Gasteiger partial charge in [0.25, 0.3) is 0 Å². The molecule has 1 aliphatic carbocycles. The van der Waals surface area contributed by atoms with Crippen LogP contribution in [0.1, 0.15) is 12.8 Å². The molecule has 2 aliphatic rings. The first kappa shape index (κ1) is 20.3. The molecule has 2 heterocycles. The standard InChI is InChI=1S/C18H20Cl2N6O2S/c19-12-3-4-13(14(20)9-12)16-22-23-18(26(16)21)29-10-15(27)24-5-7-25(8-6-24)17(28)11-1-2-11/h3-4,9,11H,1-2,5-8,10,21H2. The van der Waals surface area contributed by atoms with Gasteiger partial charge >= 0.3 is 0 Å². The molecular weight excluding hydrogens is 435 g/mol. The van der Waals surface area contributed by atoms with Gasteiger partial charge in [0.1, 0.15) is 0 Å². The zero-order valence-electron chi connectivity index (χ0n) is 15.6. The van der Waals surface area contributed by atoms with Gasteiger partial charge in [0.05, 0.1) is 10.8 Å². The summed E-state index contributed by atoms with van der Waals surface area (Å²) in [5, 5.41) is 9.51. The van der Waals surface area contributed by atoms with E-state index in [2.05, 4.69) is 10.2 Å². The van der Waals surface area contributed by atoms with Crippen molar-refractivity contribution in [2.24, 2.45) is 5.92 Å². The van der Waals surface area contributed by atoms with Crippen LogP contribution in [-0.2, 0) is 9.59 Å². The van der Waals surface area contributed by atoms with E-state index in [9.17, 15) is 9.59 Å². The number of rotatable bonds is 5. The molecule has 0 atom stereocenters. The van der Waals surface area contributed by atoms with Crippen molar-refractivity contribution in [3.8, 4) is 11.4 Å². The molecule has 11 heteroatoms. The smallest absolute Gasteiger partial charge is 0.233 e. The molecule has 4 rings (SSSR count). The summed E-state index contributed by atoms with van der Waals surface area (Å²) >= 11 is 13.4.